The van der Waals surface area contributed by atoms with Gasteiger partial charge in [-0.3, -0.25) is 4.68 Å². The Morgan fingerprint density at radius 1 is 1.18 bits per heavy atom. The Hall–Kier alpha value is -2.87. The molecule has 1 saturated heterocycles. The second kappa shape index (κ2) is 8.02. The molecule has 0 unspecified atom stereocenters. The van der Waals surface area contributed by atoms with Gasteiger partial charge in [-0.25, -0.2) is 4.98 Å². The van der Waals surface area contributed by atoms with Crippen LogP contribution in [0.25, 0.3) is 22.3 Å². The molecule has 3 aromatic rings. The Morgan fingerprint density at radius 3 is 2.79 bits per heavy atom. The maximum atomic E-state index is 6.26. The molecule has 8 heteroatoms. The molecule has 4 rings (SSSR count). The minimum Gasteiger partial charge on any atom is -0.497 e. The molecule has 1 fully saturated rings. The summed E-state index contributed by atoms with van der Waals surface area (Å²) in [7, 11) is 3.47. The van der Waals surface area contributed by atoms with Gasteiger partial charge in [0.25, 0.3) is 0 Å². The van der Waals surface area contributed by atoms with Crippen molar-refractivity contribution in [3.63, 3.8) is 0 Å². The van der Waals surface area contributed by atoms with Crippen molar-refractivity contribution in [2.75, 3.05) is 44.3 Å². The van der Waals surface area contributed by atoms with Gasteiger partial charge in [-0.2, -0.15) is 10.1 Å². The maximum Gasteiger partial charge on any atom is 0.225 e. The van der Waals surface area contributed by atoms with Crippen LogP contribution < -0.4 is 15.8 Å². The molecule has 1 aliphatic heterocycles. The number of hydrogen-bond donors (Lipinski definition) is 2. The molecule has 0 aliphatic carbocycles. The van der Waals surface area contributed by atoms with Crippen molar-refractivity contribution >= 4 is 22.8 Å². The first-order chi connectivity index (χ1) is 13.7. The molecule has 8 nitrogen and oxygen atoms in total. The first-order valence-corrected chi connectivity index (χ1v) is 9.76. The summed E-state index contributed by atoms with van der Waals surface area (Å²) in [6, 6.07) is 7.80. The van der Waals surface area contributed by atoms with Crippen LogP contribution in [0.3, 0.4) is 0 Å². The average molecular weight is 381 g/mol. The third kappa shape index (κ3) is 3.73. The number of likely N-dealkylation sites (tertiary alicyclic amines) is 1. The highest BCUT2D eigenvalue weighted by atomic mass is 16.5. The molecule has 3 heterocycles. The maximum absolute atomic E-state index is 6.26. The molecular formula is C20H27N7O. The van der Waals surface area contributed by atoms with Crippen molar-refractivity contribution in [1.82, 2.24) is 24.6 Å². The molecule has 0 saturated carbocycles. The van der Waals surface area contributed by atoms with E-state index in [4.69, 9.17) is 15.5 Å². The lowest BCUT2D eigenvalue weighted by Gasteiger charge is -2.26. The largest absolute Gasteiger partial charge is 0.497 e. The van der Waals surface area contributed by atoms with E-state index in [2.05, 4.69) is 20.3 Å². The molecule has 0 spiro atoms. The van der Waals surface area contributed by atoms with E-state index < -0.39 is 0 Å². The van der Waals surface area contributed by atoms with Gasteiger partial charge in [0.1, 0.15) is 11.6 Å². The minimum atomic E-state index is 0.549. The summed E-state index contributed by atoms with van der Waals surface area (Å²) < 4.78 is 7.01. The number of piperidine rings is 1. The number of nitrogens with zero attached hydrogens (tertiary/aromatic N) is 5. The molecule has 0 atom stereocenters. The summed E-state index contributed by atoms with van der Waals surface area (Å²) >= 11 is 0. The molecule has 3 N–H and O–H groups in total. The molecular weight excluding hydrogens is 354 g/mol. The van der Waals surface area contributed by atoms with Crippen LogP contribution in [0, 0.1) is 0 Å². The van der Waals surface area contributed by atoms with Gasteiger partial charge >= 0.3 is 0 Å². The van der Waals surface area contributed by atoms with Crippen LogP contribution in [-0.4, -0.2) is 57.9 Å². The number of anilines is 2. The predicted molar refractivity (Wildman–Crippen MR) is 111 cm³/mol. The van der Waals surface area contributed by atoms with Gasteiger partial charge in [0.05, 0.1) is 18.2 Å². The lowest BCUT2D eigenvalue weighted by Crippen LogP contribution is -2.33. The van der Waals surface area contributed by atoms with E-state index in [0.29, 0.717) is 17.4 Å². The van der Waals surface area contributed by atoms with Crippen LogP contribution in [0.15, 0.2) is 24.3 Å². The highest BCUT2D eigenvalue weighted by Crippen LogP contribution is 2.32. The summed E-state index contributed by atoms with van der Waals surface area (Å²) in [6.07, 6.45) is 3.92. The van der Waals surface area contributed by atoms with Gasteiger partial charge in [0.15, 0.2) is 5.65 Å². The number of aromatic nitrogens is 4. The third-order valence-electron chi connectivity index (χ3n) is 5.24. The van der Waals surface area contributed by atoms with E-state index in [1.807, 2.05) is 31.3 Å². The van der Waals surface area contributed by atoms with Crippen molar-refractivity contribution in [3.05, 3.63) is 24.3 Å². The summed E-state index contributed by atoms with van der Waals surface area (Å²) in [4.78, 5) is 11.8. The lowest BCUT2D eigenvalue weighted by molar-refractivity contribution is 0.237. The number of nitrogens with two attached hydrogens (primary N) is 1. The predicted octanol–water partition coefficient (Wildman–Crippen LogP) is 2.52. The molecule has 1 aromatic carbocycles. The normalized spacial score (nSPS) is 15.1. The SMILES string of the molecule is COc1cccc(-c2nc(NCCN3CCCCC3)nc3nn(C)c(N)c23)c1. The van der Waals surface area contributed by atoms with Crippen LogP contribution >= 0.6 is 0 Å². The molecule has 0 radical (unpaired) electrons. The molecule has 1 aliphatic rings. The summed E-state index contributed by atoms with van der Waals surface area (Å²) in [5.41, 5.74) is 8.53. The lowest BCUT2D eigenvalue weighted by atomic mass is 10.1. The van der Waals surface area contributed by atoms with Gasteiger partial charge in [0, 0.05) is 25.7 Å². The van der Waals surface area contributed by atoms with E-state index in [9.17, 15) is 0 Å². The number of methoxy groups -OCH3 is 1. The zero-order valence-corrected chi connectivity index (χ0v) is 16.5. The number of rotatable bonds is 6. The Labute approximate surface area is 164 Å². The summed E-state index contributed by atoms with van der Waals surface area (Å²) in [6.45, 7) is 4.13. The van der Waals surface area contributed by atoms with Crippen LogP contribution in [0.4, 0.5) is 11.8 Å². The Balaban J connectivity index is 1.64. The number of aryl methyl sites for hydroxylation is 1. The van der Waals surface area contributed by atoms with Crippen LogP contribution in [0.1, 0.15) is 19.3 Å². The van der Waals surface area contributed by atoms with Gasteiger partial charge in [-0.1, -0.05) is 18.6 Å². The topological polar surface area (TPSA) is 94.1 Å². The molecule has 0 bridgehead atoms. The monoisotopic (exact) mass is 381 g/mol. The molecule has 28 heavy (non-hydrogen) atoms. The number of ether oxygens (including phenoxy) is 1. The van der Waals surface area contributed by atoms with Crippen LogP contribution in [0.5, 0.6) is 5.75 Å². The van der Waals surface area contributed by atoms with Crippen LogP contribution in [0.2, 0.25) is 0 Å². The van der Waals surface area contributed by atoms with E-state index in [0.717, 1.165) is 35.5 Å². The number of nitrogen functional groups attached to an aromatic ring is 1. The van der Waals surface area contributed by atoms with Crippen molar-refractivity contribution in [2.24, 2.45) is 7.05 Å². The van der Waals surface area contributed by atoms with Crippen LogP contribution in [-0.2, 0) is 7.05 Å². The number of nitrogens with one attached hydrogen (secondary N) is 1. The van der Waals surface area contributed by atoms with Crippen molar-refractivity contribution in [2.45, 2.75) is 19.3 Å². The second-order valence-corrected chi connectivity index (χ2v) is 7.16. The number of hydrogen-bond acceptors (Lipinski definition) is 7. The average Bonchev–Trinajstić information content (AvgIpc) is 3.02. The highest BCUT2D eigenvalue weighted by Gasteiger charge is 2.18. The third-order valence-corrected chi connectivity index (χ3v) is 5.24. The standard InChI is InChI=1S/C20H27N7O/c1-26-18(21)16-17(14-7-6-8-15(13-14)28-2)23-20(24-19(16)25-26)22-9-12-27-10-4-3-5-11-27/h6-8,13H,3-5,9-12,21H2,1-2H3,(H,22,24,25). The quantitative estimate of drug-likeness (QED) is 0.677. The fraction of sp³-hybridized carbons (Fsp3) is 0.450. The Bertz CT molecular complexity index is 963. The summed E-state index contributed by atoms with van der Waals surface area (Å²) in [5.74, 6) is 1.89. The van der Waals surface area contributed by atoms with E-state index in [1.54, 1.807) is 11.8 Å². The minimum absolute atomic E-state index is 0.549. The molecule has 0 amide bonds. The van der Waals surface area contributed by atoms with Gasteiger partial charge in [0.2, 0.25) is 5.95 Å². The molecule has 148 valence electrons. The molecule has 2 aromatic heterocycles. The van der Waals surface area contributed by atoms with Crippen molar-refractivity contribution < 1.29 is 4.74 Å². The highest BCUT2D eigenvalue weighted by molar-refractivity contribution is 5.99. The first-order valence-electron chi connectivity index (χ1n) is 9.76. The van der Waals surface area contributed by atoms with Gasteiger partial charge < -0.3 is 20.7 Å². The number of benzene rings is 1. The van der Waals surface area contributed by atoms with Crippen molar-refractivity contribution in [1.29, 1.82) is 0 Å². The fourth-order valence-corrected chi connectivity index (χ4v) is 3.68. The van der Waals surface area contributed by atoms with E-state index >= 15 is 0 Å². The Kier molecular flexibility index (Phi) is 5.29. The fourth-order valence-electron chi connectivity index (χ4n) is 3.68. The first kappa shape index (κ1) is 18.5. The number of fused-ring (bicyclic) bond motifs is 1. The zero-order chi connectivity index (χ0) is 19.5. The van der Waals surface area contributed by atoms with E-state index in [1.165, 1.54) is 32.4 Å². The zero-order valence-electron chi connectivity index (χ0n) is 16.5. The van der Waals surface area contributed by atoms with Gasteiger partial charge in [-0.15, -0.1) is 0 Å². The van der Waals surface area contributed by atoms with Crippen molar-refractivity contribution in [3.8, 4) is 17.0 Å². The van der Waals surface area contributed by atoms with Gasteiger partial charge in [-0.05, 0) is 38.1 Å². The summed E-state index contributed by atoms with van der Waals surface area (Å²) in [5, 5.41) is 8.59. The Morgan fingerprint density at radius 2 is 2.00 bits per heavy atom. The second-order valence-electron chi connectivity index (χ2n) is 7.16. The van der Waals surface area contributed by atoms with E-state index in [-0.39, 0.29) is 0 Å². The smallest absolute Gasteiger partial charge is 0.225 e.